The van der Waals surface area contributed by atoms with E-state index >= 15 is 0 Å². The van der Waals surface area contributed by atoms with Gasteiger partial charge in [0.2, 0.25) is 11.8 Å². The lowest BCUT2D eigenvalue weighted by atomic mass is 9.76. The summed E-state index contributed by atoms with van der Waals surface area (Å²) in [6.45, 7) is 17.6. The lowest BCUT2D eigenvalue weighted by Crippen LogP contribution is -2.61. The van der Waals surface area contributed by atoms with Crippen molar-refractivity contribution in [1.82, 2.24) is 15.5 Å². The van der Waals surface area contributed by atoms with Gasteiger partial charge in [0.15, 0.2) is 0 Å². The van der Waals surface area contributed by atoms with Crippen molar-refractivity contribution in [2.24, 2.45) is 16.7 Å². The fourth-order valence-corrected chi connectivity index (χ4v) is 4.40. The molecule has 2 unspecified atom stereocenters. The molecule has 2 N–H and O–H groups in total. The normalized spacial score (nSPS) is 16.9. The first-order valence-electron chi connectivity index (χ1n) is 13.1. The molecule has 0 spiro atoms. The molecule has 4 atom stereocenters. The molecular formula is C30H47N3O4. The van der Waals surface area contributed by atoms with E-state index in [0.29, 0.717) is 5.57 Å². The van der Waals surface area contributed by atoms with Crippen LogP contribution in [0.15, 0.2) is 46.9 Å². The van der Waals surface area contributed by atoms with E-state index in [0.717, 1.165) is 12.0 Å². The van der Waals surface area contributed by atoms with Crippen molar-refractivity contribution < 1.29 is 19.1 Å². The monoisotopic (exact) mass is 513 g/mol. The fourth-order valence-electron chi connectivity index (χ4n) is 4.40. The average molecular weight is 514 g/mol. The molecule has 0 radical (unpaired) electrons. The number of likely N-dealkylation sites (N-methyl/N-ethyl adjacent to an activating group) is 2. The number of nitrogens with one attached hydrogen (secondary N) is 2. The van der Waals surface area contributed by atoms with Crippen molar-refractivity contribution in [3.05, 3.63) is 46.9 Å². The number of hydrogen-bond donors (Lipinski definition) is 2. The van der Waals surface area contributed by atoms with Crippen LogP contribution in [0, 0.1) is 16.7 Å². The number of esters is 1. The van der Waals surface area contributed by atoms with Crippen molar-refractivity contribution in [2.75, 3.05) is 20.7 Å². The summed E-state index contributed by atoms with van der Waals surface area (Å²) in [7, 11) is 3.47. The molecule has 37 heavy (non-hydrogen) atoms. The van der Waals surface area contributed by atoms with Gasteiger partial charge in [-0.05, 0) is 44.4 Å². The van der Waals surface area contributed by atoms with Crippen LogP contribution in [-0.4, -0.2) is 61.5 Å². The van der Waals surface area contributed by atoms with E-state index < -0.39 is 28.9 Å². The van der Waals surface area contributed by atoms with Crippen LogP contribution < -0.4 is 10.6 Å². The van der Waals surface area contributed by atoms with Crippen molar-refractivity contribution in [3.8, 4) is 0 Å². The minimum absolute atomic E-state index is 0.0866. The van der Waals surface area contributed by atoms with Crippen LogP contribution in [0.4, 0.5) is 0 Å². The second kappa shape index (κ2) is 13.6. The zero-order chi connectivity index (χ0) is 28.6. The highest BCUT2D eigenvalue weighted by Crippen LogP contribution is 2.32. The number of carbonyl (C=O) groups excluding carboxylic acids is 3. The summed E-state index contributed by atoms with van der Waals surface area (Å²) in [5.41, 5.74) is 6.20. The number of allylic oxidation sites excluding steroid dienone is 3. The molecule has 0 heterocycles. The molecule has 2 amide bonds. The topological polar surface area (TPSA) is 87.7 Å². The Kier molecular flexibility index (Phi) is 11.8. The van der Waals surface area contributed by atoms with Gasteiger partial charge in [-0.2, -0.15) is 0 Å². The van der Waals surface area contributed by atoms with E-state index in [2.05, 4.69) is 22.1 Å². The summed E-state index contributed by atoms with van der Waals surface area (Å²) in [4.78, 5) is 41.5. The molecule has 7 heteroatoms. The first-order chi connectivity index (χ1) is 17.1. The van der Waals surface area contributed by atoms with Crippen LogP contribution in [-0.2, 0) is 19.1 Å². The van der Waals surface area contributed by atoms with Crippen LogP contribution in [0.2, 0.25) is 0 Å². The zero-order valence-corrected chi connectivity index (χ0v) is 24.6. The third-order valence-electron chi connectivity index (χ3n) is 7.06. The molecule has 1 aliphatic rings. The molecule has 0 aromatic carbocycles. The SMILES string of the molecule is CCOC(=O)/C(C)=C/[C@H](C(C)CC)N(C)C(=O)C(NC(=O)[C@@H](NC)C(C)(C)C1=C=C=CC=C1)C(C)(C)C. The van der Waals surface area contributed by atoms with Gasteiger partial charge >= 0.3 is 5.97 Å². The van der Waals surface area contributed by atoms with Crippen LogP contribution in [0.3, 0.4) is 0 Å². The van der Waals surface area contributed by atoms with Gasteiger partial charge in [0.1, 0.15) is 6.04 Å². The standard InChI is InChI=1S/C30H47N3O4/c1-12-20(3)23(19-21(4)28(36)37-13-2)33(11)27(35)25(29(5,6)7)32-26(34)24(31-10)30(8,9)22-17-15-14-16-18-22/h14-15,17,19-20,23-25,31H,12-13H2,1-11H3,(H,32,34)/b21-19+/t20?,23-,24-,25?/m1/s1. The van der Waals surface area contributed by atoms with Crippen LogP contribution in [0.1, 0.15) is 68.7 Å². The van der Waals surface area contributed by atoms with E-state index in [1.165, 1.54) is 0 Å². The van der Waals surface area contributed by atoms with Gasteiger partial charge in [-0.25, -0.2) is 4.79 Å². The lowest BCUT2D eigenvalue weighted by Gasteiger charge is -2.40. The van der Waals surface area contributed by atoms with Gasteiger partial charge in [0.25, 0.3) is 0 Å². The van der Waals surface area contributed by atoms with Gasteiger partial charge in [0.05, 0.1) is 18.7 Å². The maximum Gasteiger partial charge on any atom is 0.333 e. The first-order valence-corrected chi connectivity index (χ1v) is 13.1. The highest BCUT2D eigenvalue weighted by Gasteiger charge is 2.42. The van der Waals surface area contributed by atoms with E-state index in [4.69, 9.17) is 4.74 Å². The Balaban J connectivity index is 3.34. The van der Waals surface area contributed by atoms with Gasteiger partial charge < -0.3 is 20.3 Å². The Morgan fingerprint density at radius 1 is 1.14 bits per heavy atom. The van der Waals surface area contributed by atoms with Gasteiger partial charge in [-0.3, -0.25) is 9.59 Å². The molecule has 0 fully saturated rings. The molecule has 0 saturated carbocycles. The van der Waals surface area contributed by atoms with E-state index in [9.17, 15) is 14.4 Å². The largest absolute Gasteiger partial charge is 0.463 e. The lowest BCUT2D eigenvalue weighted by molar-refractivity contribution is -0.141. The number of hydrogen-bond acceptors (Lipinski definition) is 5. The van der Waals surface area contributed by atoms with Gasteiger partial charge in [-0.1, -0.05) is 78.5 Å². The fraction of sp³-hybridized carbons (Fsp3) is 0.633. The van der Waals surface area contributed by atoms with E-state index in [-0.39, 0.29) is 30.4 Å². The zero-order valence-electron chi connectivity index (χ0n) is 24.6. The Bertz CT molecular complexity index is 1000. The first kappa shape index (κ1) is 32.2. The quantitative estimate of drug-likeness (QED) is 0.231. The molecule has 0 aromatic rings. The number of rotatable bonds is 12. The Labute approximate surface area is 223 Å². The second-order valence-electron chi connectivity index (χ2n) is 11.4. The van der Waals surface area contributed by atoms with Crippen molar-refractivity contribution in [1.29, 1.82) is 0 Å². The van der Waals surface area contributed by atoms with Crippen molar-refractivity contribution in [2.45, 2.75) is 86.9 Å². The summed E-state index contributed by atoms with van der Waals surface area (Å²) in [6.07, 6.45) is 8.16. The smallest absolute Gasteiger partial charge is 0.333 e. The molecule has 1 rings (SSSR count). The number of nitrogens with zero attached hydrogens (tertiary/aromatic N) is 1. The number of carbonyl (C=O) groups is 3. The summed E-state index contributed by atoms with van der Waals surface area (Å²) in [6, 6.07) is -1.74. The Morgan fingerprint density at radius 3 is 2.22 bits per heavy atom. The van der Waals surface area contributed by atoms with Crippen LogP contribution >= 0.6 is 0 Å². The van der Waals surface area contributed by atoms with Gasteiger partial charge in [0, 0.05) is 23.6 Å². The summed E-state index contributed by atoms with van der Waals surface area (Å²) in [5.74, 6) is -0.800. The molecule has 0 saturated heterocycles. The summed E-state index contributed by atoms with van der Waals surface area (Å²) in [5, 5.41) is 6.18. The van der Waals surface area contributed by atoms with Gasteiger partial charge in [-0.15, -0.1) is 0 Å². The Hall–Kier alpha value is -2.85. The molecule has 7 nitrogen and oxygen atoms in total. The maximum atomic E-state index is 13.9. The van der Waals surface area contributed by atoms with Crippen molar-refractivity contribution >= 4 is 17.8 Å². The van der Waals surface area contributed by atoms with Crippen molar-refractivity contribution in [3.63, 3.8) is 0 Å². The molecule has 0 aromatic heterocycles. The van der Waals surface area contributed by atoms with E-state index in [1.54, 1.807) is 45.0 Å². The Morgan fingerprint density at radius 2 is 1.76 bits per heavy atom. The number of ether oxygens (including phenoxy) is 1. The second-order valence-corrected chi connectivity index (χ2v) is 11.4. The highest BCUT2D eigenvalue weighted by molar-refractivity contribution is 5.91. The molecule has 206 valence electrons. The maximum absolute atomic E-state index is 13.9. The predicted octanol–water partition coefficient (Wildman–Crippen LogP) is 4.32. The third kappa shape index (κ3) is 8.33. The summed E-state index contributed by atoms with van der Waals surface area (Å²) < 4.78 is 5.14. The predicted molar refractivity (Wildman–Crippen MR) is 149 cm³/mol. The number of amides is 2. The molecule has 0 aliphatic heterocycles. The van der Waals surface area contributed by atoms with Crippen LogP contribution in [0.25, 0.3) is 0 Å². The minimum atomic E-state index is -0.786. The summed E-state index contributed by atoms with van der Waals surface area (Å²) >= 11 is 0. The minimum Gasteiger partial charge on any atom is -0.463 e. The molecule has 0 bridgehead atoms. The molecule has 1 aliphatic carbocycles. The average Bonchev–Trinajstić information content (AvgIpc) is 2.84. The third-order valence-corrected chi connectivity index (χ3v) is 7.06. The highest BCUT2D eigenvalue weighted by atomic mass is 16.5. The van der Waals surface area contributed by atoms with E-state index in [1.807, 2.05) is 60.6 Å². The molecular weight excluding hydrogens is 466 g/mol. The van der Waals surface area contributed by atoms with Crippen LogP contribution in [0.5, 0.6) is 0 Å².